The van der Waals surface area contributed by atoms with Gasteiger partial charge in [-0.15, -0.1) is 0 Å². The third-order valence-corrected chi connectivity index (χ3v) is 3.78. The van der Waals surface area contributed by atoms with Crippen molar-refractivity contribution in [2.24, 2.45) is 0 Å². The van der Waals surface area contributed by atoms with Gasteiger partial charge in [0.05, 0.1) is 0 Å². The summed E-state index contributed by atoms with van der Waals surface area (Å²) in [6, 6.07) is 8.11. The first-order chi connectivity index (χ1) is 10.2. The van der Waals surface area contributed by atoms with E-state index in [0.717, 1.165) is 51.1 Å². The molecule has 0 fully saturated rings. The molecule has 3 heteroatoms. The van der Waals surface area contributed by atoms with Crippen molar-refractivity contribution in [2.45, 2.75) is 47.1 Å². The molecule has 0 aliphatic rings. The fourth-order valence-corrected chi connectivity index (χ4v) is 2.50. The molecule has 118 valence electrons. The quantitative estimate of drug-likeness (QED) is 0.691. The second kappa shape index (κ2) is 9.56. The number of carbonyl (C=O) groups is 1. The van der Waals surface area contributed by atoms with E-state index in [4.69, 9.17) is 0 Å². The van der Waals surface area contributed by atoms with E-state index in [1.165, 1.54) is 5.56 Å². The van der Waals surface area contributed by atoms with Crippen LogP contribution >= 0.6 is 0 Å². The maximum Gasteiger partial charge on any atom is 0.253 e. The van der Waals surface area contributed by atoms with Gasteiger partial charge in [0.2, 0.25) is 0 Å². The zero-order valence-corrected chi connectivity index (χ0v) is 14.1. The average Bonchev–Trinajstić information content (AvgIpc) is 2.52. The van der Waals surface area contributed by atoms with Crippen LogP contribution in [-0.2, 0) is 6.54 Å². The monoisotopic (exact) mass is 290 g/mol. The molecule has 0 radical (unpaired) electrons. The topological polar surface area (TPSA) is 23.6 Å². The van der Waals surface area contributed by atoms with Gasteiger partial charge in [0.15, 0.2) is 0 Å². The van der Waals surface area contributed by atoms with Crippen LogP contribution in [0.15, 0.2) is 24.3 Å². The van der Waals surface area contributed by atoms with Gasteiger partial charge in [-0.3, -0.25) is 9.69 Å². The van der Waals surface area contributed by atoms with Crippen molar-refractivity contribution in [3.63, 3.8) is 0 Å². The van der Waals surface area contributed by atoms with Crippen LogP contribution in [0.4, 0.5) is 0 Å². The number of carbonyl (C=O) groups excluding carboxylic acids is 1. The summed E-state index contributed by atoms with van der Waals surface area (Å²) in [4.78, 5) is 16.8. The van der Waals surface area contributed by atoms with Gasteiger partial charge >= 0.3 is 0 Å². The van der Waals surface area contributed by atoms with Crippen LogP contribution in [0.5, 0.6) is 0 Å². The summed E-state index contributed by atoms with van der Waals surface area (Å²) in [5.41, 5.74) is 2.08. The second-order valence-corrected chi connectivity index (χ2v) is 5.45. The minimum absolute atomic E-state index is 0.160. The van der Waals surface area contributed by atoms with Crippen LogP contribution in [0.2, 0.25) is 0 Å². The van der Waals surface area contributed by atoms with Gasteiger partial charge < -0.3 is 4.90 Å². The van der Waals surface area contributed by atoms with E-state index in [1.807, 2.05) is 17.0 Å². The zero-order chi connectivity index (χ0) is 15.7. The lowest BCUT2D eigenvalue weighted by atomic mass is 10.1. The summed E-state index contributed by atoms with van der Waals surface area (Å²) in [5.74, 6) is 0.160. The molecule has 0 saturated carbocycles. The smallest absolute Gasteiger partial charge is 0.253 e. The highest BCUT2D eigenvalue weighted by Gasteiger charge is 2.14. The summed E-state index contributed by atoms with van der Waals surface area (Å²) < 4.78 is 0. The van der Waals surface area contributed by atoms with Crippen LogP contribution in [-0.4, -0.2) is 41.9 Å². The van der Waals surface area contributed by atoms with E-state index in [2.05, 4.69) is 44.7 Å². The minimum Gasteiger partial charge on any atom is -0.339 e. The Bertz CT molecular complexity index is 404. The lowest BCUT2D eigenvalue weighted by molar-refractivity contribution is 0.0755. The Morgan fingerprint density at radius 2 is 1.43 bits per heavy atom. The molecule has 0 saturated heterocycles. The summed E-state index contributed by atoms with van der Waals surface area (Å²) in [6.07, 6.45) is 2.01. The fraction of sp³-hybridized carbons (Fsp3) is 0.611. The first-order valence-electron chi connectivity index (χ1n) is 8.26. The Balaban J connectivity index is 2.73. The molecule has 3 nitrogen and oxygen atoms in total. The summed E-state index contributed by atoms with van der Waals surface area (Å²) in [5, 5.41) is 0. The third-order valence-electron chi connectivity index (χ3n) is 3.78. The molecule has 0 N–H and O–H groups in total. The van der Waals surface area contributed by atoms with Gasteiger partial charge in [0, 0.05) is 25.2 Å². The van der Waals surface area contributed by atoms with Crippen molar-refractivity contribution < 1.29 is 4.79 Å². The first kappa shape index (κ1) is 17.7. The Kier molecular flexibility index (Phi) is 8.06. The molecule has 1 aromatic rings. The predicted molar refractivity (Wildman–Crippen MR) is 89.6 cm³/mol. The molecule has 0 spiro atoms. The first-order valence-corrected chi connectivity index (χ1v) is 8.26. The lowest BCUT2D eigenvalue weighted by Crippen LogP contribution is -2.32. The third kappa shape index (κ3) is 5.50. The van der Waals surface area contributed by atoms with Crippen LogP contribution in [0.25, 0.3) is 0 Å². The van der Waals surface area contributed by atoms with Crippen LogP contribution in [0.1, 0.15) is 56.5 Å². The maximum absolute atomic E-state index is 12.5. The molecule has 1 aromatic carbocycles. The largest absolute Gasteiger partial charge is 0.339 e. The Labute approximate surface area is 129 Å². The van der Waals surface area contributed by atoms with Crippen LogP contribution < -0.4 is 0 Å². The summed E-state index contributed by atoms with van der Waals surface area (Å²) in [7, 11) is 0. The van der Waals surface area contributed by atoms with E-state index in [-0.39, 0.29) is 5.91 Å². The van der Waals surface area contributed by atoms with E-state index < -0.39 is 0 Å². The molecule has 21 heavy (non-hydrogen) atoms. The van der Waals surface area contributed by atoms with Crippen LogP contribution in [0.3, 0.4) is 0 Å². The molecule has 0 aliphatic heterocycles. The number of amides is 1. The molecule has 0 aliphatic carbocycles. The number of benzene rings is 1. The molecular formula is C18H30N2O. The molecule has 0 unspecified atom stereocenters. The highest BCUT2D eigenvalue weighted by molar-refractivity contribution is 5.94. The Morgan fingerprint density at radius 1 is 0.905 bits per heavy atom. The van der Waals surface area contributed by atoms with E-state index >= 15 is 0 Å². The average molecular weight is 290 g/mol. The molecule has 1 amide bonds. The number of rotatable bonds is 9. The molecule has 0 heterocycles. The lowest BCUT2D eigenvalue weighted by Gasteiger charge is -2.22. The van der Waals surface area contributed by atoms with Gasteiger partial charge in [0.25, 0.3) is 5.91 Å². The van der Waals surface area contributed by atoms with Crippen molar-refractivity contribution in [3.05, 3.63) is 35.4 Å². The van der Waals surface area contributed by atoms with E-state index in [0.29, 0.717) is 0 Å². The van der Waals surface area contributed by atoms with Crippen LogP contribution in [0, 0.1) is 0 Å². The van der Waals surface area contributed by atoms with Gasteiger partial charge in [-0.1, -0.05) is 39.8 Å². The van der Waals surface area contributed by atoms with Gasteiger partial charge in [-0.05, 0) is 43.6 Å². The van der Waals surface area contributed by atoms with Crippen molar-refractivity contribution in [3.8, 4) is 0 Å². The highest BCUT2D eigenvalue weighted by Crippen LogP contribution is 2.11. The zero-order valence-electron chi connectivity index (χ0n) is 14.1. The number of hydrogen-bond acceptors (Lipinski definition) is 2. The molecule has 0 atom stereocenters. The SMILES string of the molecule is CCCN(CCC)C(=O)c1ccc(CN(CC)CC)cc1. The minimum atomic E-state index is 0.160. The van der Waals surface area contributed by atoms with Gasteiger partial charge in [-0.25, -0.2) is 0 Å². The standard InChI is InChI=1S/C18H30N2O/c1-5-13-20(14-6-2)18(21)17-11-9-16(10-12-17)15-19(7-3)8-4/h9-12H,5-8,13-15H2,1-4H3. The fourth-order valence-electron chi connectivity index (χ4n) is 2.50. The normalized spacial score (nSPS) is 10.9. The highest BCUT2D eigenvalue weighted by atomic mass is 16.2. The van der Waals surface area contributed by atoms with Gasteiger partial charge in [-0.2, -0.15) is 0 Å². The van der Waals surface area contributed by atoms with Crippen molar-refractivity contribution >= 4 is 5.91 Å². The van der Waals surface area contributed by atoms with E-state index in [1.54, 1.807) is 0 Å². The molecule has 0 bridgehead atoms. The van der Waals surface area contributed by atoms with Gasteiger partial charge in [0.1, 0.15) is 0 Å². The summed E-state index contributed by atoms with van der Waals surface area (Å²) in [6.45, 7) is 13.3. The number of hydrogen-bond donors (Lipinski definition) is 0. The molecular weight excluding hydrogens is 260 g/mol. The Hall–Kier alpha value is -1.35. The molecule has 0 aromatic heterocycles. The van der Waals surface area contributed by atoms with E-state index in [9.17, 15) is 4.79 Å². The van der Waals surface area contributed by atoms with Crippen molar-refractivity contribution in [2.75, 3.05) is 26.2 Å². The second-order valence-electron chi connectivity index (χ2n) is 5.45. The summed E-state index contributed by atoms with van der Waals surface area (Å²) >= 11 is 0. The molecule has 1 rings (SSSR count). The maximum atomic E-state index is 12.5. The number of nitrogens with zero attached hydrogens (tertiary/aromatic N) is 2. The van der Waals surface area contributed by atoms with Crippen molar-refractivity contribution in [1.82, 2.24) is 9.80 Å². The Morgan fingerprint density at radius 3 is 1.86 bits per heavy atom. The predicted octanol–water partition coefficient (Wildman–Crippen LogP) is 3.79. The van der Waals surface area contributed by atoms with Crippen molar-refractivity contribution in [1.29, 1.82) is 0 Å².